The Kier molecular flexibility index (Phi) is 11.8. The smallest absolute Gasteiger partial charge is 0.119 e. The largest absolute Gasteiger partial charge is 0.494 e. The van der Waals surface area contributed by atoms with Crippen LogP contribution in [0.25, 0.3) is 0 Å². The normalized spacial score (nSPS) is 19.5. The monoisotopic (exact) mass is 432 g/mol. The maximum Gasteiger partial charge on any atom is 0.119 e. The highest BCUT2D eigenvalue weighted by Crippen LogP contribution is 2.36. The Labute approximate surface area is 183 Å². The number of hydrogen-bond donors (Lipinski definition) is 0. The van der Waals surface area contributed by atoms with Crippen LogP contribution in [0.15, 0.2) is 24.3 Å². The summed E-state index contributed by atoms with van der Waals surface area (Å²) in [5, 5.41) is 0. The van der Waals surface area contributed by atoms with Gasteiger partial charge in [0.25, 0.3) is 0 Å². The topological polar surface area (TPSA) is 24.9 Å². The van der Waals surface area contributed by atoms with Crippen LogP contribution in [0.4, 0.5) is 0 Å². The molecule has 0 unspecified atom stereocenters. The Morgan fingerprint density at radius 3 is 2.25 bits per heavy atom. The van der Waals surface area contributed by atoms with Crippen molar-refractivity contribution in [1.29, 1.82) is 0 Å². The number of hydrogen-bond acceptors (Lipinski definition) is 4. The molecule has 0 spiro atoms. The number of likely N-dealkylation sites (tertiary alicyclic amines) is 1. The Hall–Kier alpha value is -0.520. The van der Waals surface area contributed by atoms with E-state index in [-0.39, 0.29) is 30.2 Å². The van der Waals surface area contributed by atoms with Crippen molar-refractivity contribution >= 4 is 24.8 Å². The Balaban J connectivity index is 0.00000196. The number of piperidine rings is 1. The average molecular weight is 433 g/mol. The second-order valence-corrected chi connectivity index (χ2v) is 8.26. The molecule has 28 heavy (non-hydrogen) atoms. The minimum absolute atomic E-state index is 0. The summed E-state index contributed by atoms with van der Waals surface area (Å²) < 4.78 is 11.6. The summed E-state index contributed by atoms with van der Waals surface area (Å²) in [6.07, 6.45) is 7.44. The third-order valence-electron chi connectivity index (χ3n) is 5.87. The molecular formula is C22H38Cl2N2O2. The van der Waals surface area contributed by atoms with E-state index in [4.69, 9.17) is 9.47 Å². The molecule has 2 aliphatic heterocycles. The van der Waals surface area contributed by atoms with Gasteiger partial charge in [-0.15, -0.1) is 24.8 Å². The number of nitrogens with zero attached hydrogens (tertiary/aromatic N) is 2. The van der Waals surface area contributed by atoms with Crippen molar-refractivity contribution in [2.24, 2.45) is 0 Å². The lowest BCUT2D eigenvalue weighted by Gasteiger charge is -2.39. The van der Waals surface area contributed by atoms with Gasteiger partial charge in [0.05, 0.1) is 6.61 Å². The van der Waals surface area contributed by atoms with Crippen LogP contribution in [0.2, 0.25) is 0 Å². The van der Waals surface area contributed by atoms with Crippen LogP contribution in [0.3, 0.4) is 0 Å². The summed E-state index contributed by atoms with van der Waals surface area (Å²) in [5.74, 6) is 0.999. The van der Waals surface area contributed by atoms with Crippen LogP contribution in [0, 0.1) is 0 Å². The Morgan fingerprint density at radius 1 is 1.00 bits per heavy atom. The van der Waals surface area contributed by atoms with Crippen molar-refractivity contribution in [3.8, 4) is 5.75 Å². The lowest BCUT2D eigenvalue weighted by Crippen LogP contribution is -2.42. The highest BCUT2D eigenvalue weighted by atomic mass is 35.5. The minimum Gasteiger partial charge on any atom is -0.494 e. The predicted molar refractivity (Wildman–Crippen MR) is 122 cm³/mol. The molecule has 2 aliphatic rings. The first kappa shape index (κ1) is 25.5. The van der Waals surface area contributed by atoms with Crippen molar-refractivity contribution in [2.75, 3.05) is 60.1 Å². The number of benzene rings is 1. The molecular weight excluding hydrogens is 395 g/mol. The minimum atomic E-state index is 0. The third kappa shape index (κ3) is 7.38. The summed E-state index contributed by atoms with van der Waals surface area (Å²) in [6, 6.07) is 8.86. The molecule has 1 aromatic carbocycles. The molecule has 2 fully saturated rings. The zero-order valence-corrected chi connectivity index (χ0v) is 19.2. The van der Waals surface area contributed by atoms with Gasteiger partial charge in [0.15, 0.2) is 0 Å². The molecule has 0 aromatic heterocycles. The quantitative estimate of drug-likeness (QED) is 0.568. The van der Waals surface area contributed by atoms with Gasteiger partial charge in [-0.1, -0.05) is 18.6 Å². The number of ether oxygens (including phenoxy) is 2. The molecule has 162 valence electrons. The SMILES string of the molecule is CN(C)CC1(c2ccc(OCCCN3CCCCC3)cc2)CCOCC1.Cl.Cl. The number of rotatable bonds is 8. The van der Waals surface area contributed by atoms with Crippen LogP contribution < -0.4 is 4.74 Å². The molecule has 0 saturated carbocycles. The van der Waals surface area contributed by atoms with Gasteiger partial charge in [0, 0.05) is 31.7 Å². The third-order valence-corrected chi connectivity index (χ3v) is 5.87. The van der Waals surface area contributed by atoms with Crippen molar-refractivity contribution in [2.45, 2.75) is 43.9 Å². The van der Waals surface area contributed by atoms with Gasteiger partial charge < -0.3 is 19.3 Å². The van der Waals surface area contributed by atoms with Gasteiger partial charge in [0.2, 0.25) is 0 Å². The van der Waals surface area contributed by atoms with Gasteiger partial charge in [-0.3, -0.25) is 0 Å². The first-order valence-corrected chi connectivity index (χ1v) is 10.4. The van der Waals surface area contributed by atoms with Gasteiger partial charge in [-0.25, -0.2) is 0 Å². The van der Waals surface area contributed by atoms with Crippen molar-refractivity contribution in [3.63, 3.8) is 0 Å². The summed E-state index contributed by atoms with van der Waals surface area (Å²) in [7, 11) is 4.33. The van der Waals surface area contributed by atoms with Crippen molar-refractivity contribution in [3.05, 3.63) is 29.8 Å². The van der Waals surface area contributed by atoms with E-state index in [2.05, 4.69) is 48.2 Å². The van der Waals surface area contributed by atoms with Crippen molar-refractivity contribution in [1.82, 2.24) is 9.80 Å². The molecule has 0 N–H and O–H groups in total. The number of likely N-dealkylation sites (N-methyl/N-ethyl adjacent to an activating group) is 1. The van der Waals surface area contributed by atoms with E-state index in [1.165, 1.54) is 44.5 Å². The molecule has 6 heteroatoms. The zero-order valence-electron chi connectivity index (χ0n) is 17.5. The van der Waals surface area contributed by atoms with Crippen LogP contribution in [0.1, 0.15) is 44.1 Å². The highest BCUT2D eigenvalue weighted by Gasteiger charge is 2.34. The highest BCUT2D eigenvalue weighted by molar-refractivity contribution is 5.85. The number of halogens is 2. The summed E-state index contributed by atoms with van der Waals surface area (Å²) in [6.45, 7) is 7.33. The van der Waals surface area contributed by atoms with Gasteiger partial charge in [0.1, 0.15) is 5.75 Å². The van der Waals surface area contributed by atoms with E-state index >= 15 is 0 Å². The molecule has 0 bridgehead atoms. The van der Waals surface area contributed by atoms with E-state index < -0.39 is 0 Å². The standard InChI is InChI=1S/C22H36N2O2.2ClH/c1-23(2)19-22(11-17-25-18-12-22)20-7-9-21(10-8-20)26-16-6-15-24-13-4-3-5-14-24;;/h7-10H,3-6,11-19H2,1-2H3;2*1H. The van der Waals surface area contributed by atoms with E-state index in [1.807, 2.05) is 0 Å². The fourth-order valence-corrected chi connectivity index (χ4v) is 4.47. The molecule has 2 saturated heterocycles. The van der Waals surface area contributed by atoms with E-state index in [1.54, 1.807) is 0 Å². The predicted octanol–water partition coefficient (Wildman–Crippen LogP) is 4.39. The van der Waals surface area contributed by atoms with Gasteiger partial charge in [-0.2, -0.15) is 0 Å². The second-order valence-electron chi connectivity index (χ2n) is 8.26. The Bertz CT molecular complexity index is 528. The fourth-order valence-electron chi connectivity index (χ4n) is 4.47. The first-order valence-electron chi connectivity index (χ1n) is 10.4. The molecule has 0 radical (unpaired) electrons. The van der Waals surface area contributed by atoms with Crippen molar-refractivity contribution < 1.29 is 9.47 Å². The van der Waals surface area contributed by atoms with Crippen LogP contribution in [-0.4, -0.2) is 69.9 Å². The second kappa shape index (κ2) is 12.9. The summed E-state index contributed by atoms with van der Waals surface area (Å²) in [4.78, 5) is 4.88. The van der Waals surface area contributed by atoms with Gasteiger partial charge >= 0.3 is 0 Å². The molecule has 4 nitrogen and oxygen atoms in total. The molecule has 1 aromatic rings. The molecule has 3 rings (SSSR count). The lowest BCUT2D eigenvalue weighted by molar-refractivity contribution is 0.0401. The molecule has 0 atom stereocenters. The summed E-state index contributed by atoms with van der Waals surface area (Å²) in [5.41, 5.74) is 1.64. The van der Waals surface area contributed by atoms with Gasteiger partial charge in [-0.05, 0) is 77.0 Å². The first-order chi connectivity index (χ1) is 12.7. The van der Waals surface area contributed by atoms with E-state index in [0.29, 0.717) is 0 Å². The van der Waals surface area contributed by atoms with Crippen LogP contribution in [0.5, 0.6) is 5.75 Å². The molecule has 2 heterocycles. The average Bonchev–Trinajstić information content (AvgIpc) is 2.67. The summed E-state index contributed by atoms with van der Waals surface area (Å²) >= 11 is 0. The maximum atomic E-state index is 5.99. The molecule has 0 aliphatic carbocycles. The van der Waals surface area contributed by atoms with Crippen LogP contribution >= 0.6 is 24.8 Å². The molecule has 0 amide bonds. The maximum absolute atomic E-state index is 5.99. The van der Waals surface area contributed by atoms with E-state index in [0.717, 1.165) is 51.4 Å². The fraction of sp³-hybridized carbons (Fsp3) is 0.727. The van der Waals surface area contributed by atoms with Crippen LogP contribution in [-0.2, 0) is 10.2 Å². The zero-order chi connectivity index (χ0) is 18.2. The lowest BCUT2D eigenvalue weighted by atomic mass is 9.74. The Morgan fingerprint density at radius 2 is 1.64 bits per heavy atom. The van der Waals surface area contributed by atoms with E-state index in [9.17, 15) is 0 Å².